The van der Waals surface area contributed by atoms with Crippen LogP contribution in [0.1, 0.15) is 0 Å². The van der Waals surface area contributed by atoms with Crippen molar-refractivity contribution in [2.24, 2.45) is 0 Å². The molecule has 1 heterocycles. The number of pyridine rings is 1. The SMILES string of the molecule is COCCNCCNC(=O)CSc1ccncc1. The third-order valence-electron chi connectivity index (χ3n) is 2.13. The molecule has 0 saturated carbocycles. The molecule has 0 saturated heterocycles. The molecule has 2 N–H and O–H groups in total. The minimum atomic E-state index is 0.0466. The monoisotopic (exact) mass is 269 g/mol. The zero-order valence-corrected chi connectivity index (χ0v) is 11.3. The number of rotatable bonds is 9. The maximum Gasteiger partial charge on any atom is 0.230 e. The topological polar surface area (TPSA) is 63.2 Å². The summed E-state index contributed by atoms with van der Waals surface area (Å²) in [6.45, 7) is 2.89. The van der Waals surface area contributed by atoms with Crippen molar-refractivity contribution in [2.45, 2.75) is 4.90 Å². The molecule has 1 rings (SSSR count). The van der Waals surface area contributed by atoms with E-state index in [4.69, 9.17) is 4.74 Å². The number of ether oxygens (including phenoxy) is 1. The number of hydrogen-bond acceptors (Lipinski definition) is 5. The first kappa shape index (κ1) is 14.9. The Balaban J connectivity index is 2.01. The van der Waals surface area contributed by atoms with Gasteiger partial charge in [-0.05, 0) is 12.1 Å². The van der Waals surface area contributed by atoms with Crippen LogP contribution in [0.25, 0.3) is 0 Å². The molecule has 0 aliphatic rings. The number of carbonyl (C=O) groups excluding carboxylic acids is 1. The van der Waals surface area contributed by atoms with Gasteiger partial charge in [0.15, 0.2) is 0 Å². The molecule has 100 valence electrons. The van der Waals surface area contributed by atoms with Gasteiger partial charge in [0.2, 0.25) is 5.91 Å². The highest BCUT2D eigenvalue weighted by molar-refractivity contribution is 8.00. The van der Waals surface area contributed by atoms with Crippen molar-refractivity contribution in [2.75, 3.05) is 39.1 Å². The Kier molecular flexibility index (Phi) is 8.20. The van der Waals surface area contributed by atoms with Crippen molar-refractivity contribution in [1.29, 1.82) is 0 Å². The number of carbonyl (C=O) groups is 1. The summed E-state index contributed by atoms with van der Waals surface area (Å²) >= 11 is 1.51. The van der Waals surface area contributed by atoms with Crippen LogP contribution >= 0.6 is 11.8 Å². The van der Waals surface area contributed by atoms with E-state index in [1.54, 1.807) is 19.5 Å². The summed E-state index contributed by atoms with van der Waals surface area (Å²) in [5, 5.41) is 6.01. The summed E-state index contributed by atoms with van der Waals surface area (Å²) in [5.74, 6) is 0.479. The number of methoxy groups -OCH3 is 1. The Morgan fingerprint density at radius 2 is 2.11 bits per heavy atom. The van der Waals surface area contributed by atoms with Gasteiger partial charge < -0.3 is 15.4 Å². The molecule has 0 radical (unpaired) electrons. The van der Waals surface area contributed by atoms with Gasteiger partial charge in [0.1, 0.15) is 0 Å². The van der Waals surface area contributed by atoms with Gasteiger partial charge in [-0.2, -0.15) is 0 Å². The van der Waals surface area contributed by atoms with Crippen LogP contribution < -0.4 is 10.6 Å². The molecule has 0 aliphatic heterocycles. The molecule has 0 bridgehead atoms. The smallest absolute Gasteiger partial charge is 0.230 e. The lowest BCUT2D eigenvalue weighted by Crippen LogP contribution is -2.33. The first-order chi connectivity index (χ1) is 8.83. The summed E-state index contributed by atoms with van der Waals surface area (Å²) in [6.07, 6.45) is 3.44. The maximum atomic E-state index is 11.5. The van der Waals surface area contributed by atoms with E-state index in [0.717, 1.165) is 18.0 Å². The predicted octanol–water partition coefficient (Wildman–Crippen LogP) is 0.526. The lowest BCUT2D eigenvalue weighted by atomic mass is 10.5. The van der Waals surface area contributed by atoms with Gasteiger partial charge in [-0.25, -0.2) is 0 Å². The highest BCUT2D eigenvalue weighted by Crippen LogP contribution is 2.15. The van der Waals surface area contributed by atoms with E-state index in [-0.39, 0.29) is 5.91 Å². The second-order valence-corrected chi connectivity index (χ2v) is 4.61. The molecule has 6 heteroatoms. The van der Waals surface area contributed by atoms with E-state index in [9.17, 15) is 4.79 Å². The van der Waals surface area contributed by atoms with Crippen LogP contribution in [0.15, 0.2) is 29.4 Å². The highest BCUT2D eigenvalue weighted by Gasteiger charge is 2.01. The quantitative estimate of drug-likeness (QED) is 0.506. The number of thioether (sulfide) groups is 1. The minimum Gasteiger partial charge on any atom is -0.383 e. The summed E-state index contributed by atoms with van der Waals surface area (Å²) < 4.78 is 4.90. The van der Waals surface area contributed by atoms with Crippen LogP contribution in [0.2, 0.25) is 0 Å². The van der Waals surface area contributed by atoms with Crippen LogP contribution in [-0.2, 0) is 9.53 Å². The van der Waals surface area contributed by atoms with Crippen LogP contribution in [-0.4, -0.2) is 50.0 Å². The first-order valence-electron chi connectivity index (χ1n) is 5.82. The second kappa shape index (κ2) is 9.87. The Labute approximate surface area is 112 Å². The fourth-order valence-electron chi connectivity index (χ4n) is 1.22. The fourth-order valence-corrected chi connectivity index (χ4v) is 1.94. The summed E-state index contributed by atoms with van der Waals surface area (Å²) in [5.41, 5.74) is 0. The Morgan fingerprint density at radius 1 is 1.33 bits per heavy atom. The van der Waals surface area contributed by atoms with Gasteiger partial charge in [0.05, 0.1) is 12.4 Å². The molecule has 1 amide bonds. The average Bonchev–Trinajstić information content (AvgIpc) is 2.41. The standard InChI is InChI=1S/C12H19N3O2S/c1-17-9-8-14-6-7-15-12(16)10-18-11-2-4-13-5-3-11/h2-5,14H,6-10H2,1H3,(H,15,16). The molecule has 0 aliphatic carbocycles. The van der Waals surface area contributed by atoms with Crippen molar-refractivity contribution >= 4 is 17.7 Å². The lowest BCUT2D eigenvalue weighted by molar-refractivity contribution is -0.118. The van der Waals surface area contributed by atoms with E-state index in [2.05, 4.69) is 15.6 Å². The van der Waals surface area contributed by atoms with Gasteiger partial charge in [-0.15, -0.1) is 11.8 Å². The van der Waals surface area contributed by atoms with Gasteiger partial charge in [-0.1, -0.05) is 0 Å². The summed E-state index contributed by atoms with van der Waals surface area (Å²) in [7, 11) is 1.67. The highest BCUT2D eigenvalue weighted by atomic mass is 32.2. The molecular formula is C12H19N3O2S. The van der Waals surface area contributed by atoms with Gasteiger partial charge in [0, 0.05) is 44.0 Å². The van der Waals surface area contributed by atoms with Crippen LogP contribution in [0.3, 0.4) is 0 Å². The van der Waals surface area contributed by atoms with Crippen molar-refractivity contribution in [3.8, 4) is 0 Å². The fraction of sp³-hybridized carbons (Fsp3) is 0.500. The number of aromatic nitrogens is 1. The van der Waals surface area contributed by atoms with Crippen molar-refractivity contribution in [3.63, 3.8) is 0 Å². The second-order valence-electron chi connectivity index (χ2n) is 3.56. The van der Waals surface area contributed by atoms with Crippen molar-refractivity contribution < 1.29 is 9.53 Å². The predicted molar refractivity (Wildman–Crippen MR) is 72.7 cm³/mol. The molecule has 5 nitrogen and oxygen atoms in total. The van der Waals surface area contributed by atoms with E-state index >= 15 is 0 Å². The molecule has 0 aromatic carbocycles. The molecule has 1 aromatic rings. The maximum absolute atomic E-state index is 11.5. The van der Waals surface area contributed by atoms with Crippen LogP contribution in [0, 0.1) is 0 Å². The molecule has 0 spiro atoms. The van der Waals surface area contributed by atoms with E-state index < -0.39 is 0 Å². The van der Waals surface area contributed by atoms with Crippen molar-refractivity contribution in [3.05, 3.63) is 24.5 Å². The minimum absolute atomic E-state index is 0.0466. The molecule has 0 fully saturated rings. The number of amides is 1. The molecule has 0 unspecified atom stereocenters. The zero-order valence-electron chi connectivity index (χ0n) is 10.5. The zero-order chi connectivity index (χ0) is 13.1. The number of hydrogen-bond donors (Lipinski definition) is 2. The summed E-state index contributed by atoms with van der Waals surface area (Å²) in [4.78, 5) is 16.5. The van der Waals surface area contributed by atoms with E-state index in [1.807, 2.05) is 12.1 Å². The third-order valence-corrected chi connectivity index (χ3v) is 3.14. The molecular weight excluding hydrogens is 250 g/mol. The average molecular weight is 269 g/mol. The molecule has 0 atom stereocenters. The van der Waals surface area contributed by atoms with Crippen molar-refractivity contribution in [1.82, 2.24) is 15.6 Å². The van der Waals surface area contributed by atoms with Gasteiger partial charge in [-0.3, -0.25) is 9.78 Å². The first-order valence-corrected chi connectivity index (χ1v) is 6.80. The Bertz CT molecular complexity index is 335. The Morgan fingerprint density at radius 3 is 2.83 bits per heavy atom. The lowest BCUT2D eigenvalue weighted by Gasteiger charge is -2.06. The third kappa shape index (κ3) is 7.26. The van der Waals surface area contributed by atoms with E-state index in [1.165, 1.54) is 11.8 Å². The number of nitrogens with one attached hydrogen (secondary N) is 2. The van der Waals surface area contributed by atoms with Gasteiger partial charge >= 0.3 is 0 Å². The molecule has 18 heavy (non-hydrogen) atoms. The normalized spacial score (nSPS) is 10.3. The van der Waals surface area contributed by atoms with Crippen LogP contribution in [0.4, 0.5) is 0 Å². The molecule has 1 aromatic heterocycles. The number of nitrogens with zero attached hydrogens (tertiary/aromatic N) is 1. The summed E-state index contributed by atoms with van der Waals surface area (Å²) in [6, 6.07) is 3.79. The Hall–Kier alpha value is -1.11. The van der Waals surface area contributed by atoms with Gasteiger partial charge in [0.25, 0.3) is 0 Å². The van der Waals surface area contributed by atoms with Crippen LogP contribution in [0.5, 0.6) is 0 Å². The van der Waals surface area contributed by atoms with E-state index in [0.29, 0.717) is 18.9 Å². The largest absolute Gasteiger partial charge is 0.383 e.